The van der Waals surface area contributed by atoms with E-state index >= 15 is 0 Å². The molecule has 0 fully saturated rings. The van der Waals surface area contributed by atoms with Crippen LogP contribution in [0.3, 0.4) is 0 Å². The summed E-state index contributed by atoms with van der Waals surface area (Å²) in [6.45, 7) is 0.219. The van der Waals surface area contributed by atoms with Gasteiger partial charge in [-0.25, -0.2) is 9.97 Å². The standard InChI is InChI=1S/C15H15N7O.CH5NO/c16-13-12-14(22-15(17)21-13)19-7-11(20-12)6-18-10-3-1-2-9(8-23)4-5-10;2-1-3/h1-2,4-5,7-8,18H,3,6H2,(H4,16,17,19,21,22);3H,1-2H2. The third-order valence-corrected chi connectivity index (χ3v) is 3.26. The molecule has 8 N–H and O–H groups in total. The lowest BCUT2D eigenvalue weighted by molar-refractivity contribution is -0.104. The average Bonchev–Trinajstić information content (AvgIpc) is 2.86. The first-order chi connectivity index (χ1) is 12.6. The highest BCUT2D eigenvalue weighted by atomic mass is 16.3. The molecule has 0 saturated heterocycles. The number of aldehydes is 1. The van der Waals surface area contributed by atoms with Crippen molar-refractivity contribution in [2.24, 2.45) is 5.73 Å². The fourth-order valence-electron chi connectivity index (χ4n) is 2.12. The summed E-state index contributed by atoms with van der Waals surface area (Å²) in [7, 11) is 0. The lowest BCUT2D eigenvalue weighted by atomic mass is 10.2. The largest absolute Gasteiger partial charge is 0.382 e. The average molecular weight is 356 g/mol. The van der Waals surface area contributed by atoms with Crippen LogP contribution in [0.2, 0.25) is 0 Å². The van der Waals surface area contributed by atoms with Gasteiger partial charge in [-0.15, -0.1) is 0 Å². The number of anilines is 2. The van der Waals surface area contributed by atoms with Crippen molar-refractivity contribution in [3.63, 3.8) is 0 Å². The summed E-state index contributed by atoms with van der Waals surface area (Å²) in [5, 5.41) is 10.6. The SMILES string of the molecule is NCO.Nc1nc(N)c2nc(CNC3=CC=C(C=O)C=CC3)cnc2n1. The molecule has 0 radical (unpaired) electrons. The van der Waals surface area contributed by atoms with Gasteiger partial charge in [0.2, 0.25) is 5.95 Å². The van der Waals surface area contributed by atoms with Crippen LogP contribution in [0.4, 0.5) is 11.8 Å². The first-order valence-electron chi connectivity index (χ1n) is 7.69. The number of nitrogens with two attached hydrogens (primary N) is 3. The van der Waals surface area contributed by atoms with Gasteiger partial charge in [-0.3, -0.25) is 4.79 Å². The van der Waals surface area contributed by atoms with Crippen molar-refractivity contribution in [2.75, 3.05) is 18.2 Å². The lowest BCUT2D eigenvalue weighted by Gasteiger charge is -2.08. The van der Waals surface area contributed by atoms with Crippen molar-refractivity contribution in [3.05, 3.63) is 47.5 Å². The zero-order chi connectivity index (χ0) is 18.9. The summed E-state index contributed by atoms with van der Waals surface area (Å²) in [6, 6.07) is 0. The van der Waals surface area contributed by atoms with Crippen molar-refractivity contribution in [1.82, 2.24) is 25.3 Å². The van der Waals surface area contributed by atoms with Crippen molar-refractivity contribution in [1.29, 1.82) is 0 Å². The monoisotopic (exact) mass is 356 g/mol. The Morgan fingerprint density at radius 2 is 2.00 bits per heavy atom. The first kappa shape index (κ1) is 19.0. The number of fused-ring (bicyclic) bond motifs is 1. The summed E-state index contributed by atoms with van der Waals surface area (Å²) < 4.78 is 0. The predicted octanol–water partition coefficient (Wildman–Crippen LogP) is -0.462. The van der Waals surface area contributed by atoms with Gasteiger partial charge in [0.25, 0.3) is 0 Å². The lowest BCUT2D eigenvalue weighted by Crippen LogP contribution is -2.14. The molecule has 3 rings (SSSR count). The zero-order valence-corrected chi connectivity index (χ0v) is 14.0. The van der Waals surface area contributed by atoms with E-state index in [0.29, 0.717) is 35.4 Å². The quantitative estimate of drug-likeness (QED) is 0.355. The molecule has 0 bridgehead atoms. The van der Waals surface area contributed by atoms with Crippen LogP contribution in [0.25, 0.3) is 11.2 Å². The van der Waals surface area contributed by atoms with E-state index < -0.39 is 0 Å². The molecule has 1 aliphatic rings. The fourth-order valence-corrected chi connectivity index (χ4v) is 2.12. The van der Waals surface area contributed by atoms with Crippen LogP contribution in [0.5, 0.6) is 0 Å². The van der Waals surface area contributed by atoms with Crippen molar-refractivity contribution in [2.45, 2.75) is 13.0 Å². The van der Waals surface area contributed by atoms with Crippen LogP contribution in [0, 0.1) is 0 Å². The van der Waals surface area contributed by atoms with Gasteiger partial charge in [-0.2, -0.15) is 9.97 Å². The molecule has 2 aromatic heterocycles. The Balaban J connectivity index is 0.000000758. The van der Waals surface area contributed by atoms with E-state index in [-0.39, 0.29) is 18.5 Å². The van der Waals surface area contributed by atoms with E-state index in [2.05, 4.69) is 31.0 Å². The molecule has 0 unspecified atom stereocenters. The van der Waals surface area contributed by atoms with E-state index in [9.17, 15) is 4.79 Å². The molecule has 10 nitrogen and oxygen atoms in total. The Morgan fingerprint density at radius 1 is 1.23 bits per heavy atom. The number of nitrogen functional groups attached to an aromatic ring is 2. The van der Waals surface area contributed by atoms with Gasteiger partial charge in [-0.1, -0.05) is 12.2 Å². The van der Waals surface area contributed by atoms with Crippen LogP contribution < -0.4 is 22.5 Å². The highest BCUT2D eigenvalue weighted by molar-refractivity contribution is 5.81. The van der Waals surface area contributed by atoms with Gasteiger partial charge in [0.05, 0.1) is 25.2 Å². The summed E-state index contributed by atoms with van der Waals surface area (Å²) in [4.78, 5) is 27.2. The third kappa shape index (κ3) is 5.06. The molecule has 2 heterocycles. The van der Waals surface area contributed by atoms with Gasteiger partial charge in [-0.05, 0) is 12.2 Å². The van der Waals surface area contributed by atoms with Gasteiger partial charge in [0, 0.05) is 17.7 Å². The smallest absolute Gasteiger partial charge is 0.224 e. The molecule has 136 valence electrons. The summed E-state index contributed by atoms with van der Waals surface area (Å²) in [5.74, 6) is 0.278. The van der Waals surface area contributed by atoms with Crippen LogP contribution >= 0.6 is 0 Å². The Morgan fingerprint density at radius 3 is 2.73 bits per heavy atom. The van der Waals surface area contributed by atoms with Crippen molar-refractivity contribution < 1.29 is 9.90 Å². The first-order valence-corrected chi connectivity index (χ1v) is 7.69. The summed E-state index contributed by atoms with van der Waals surface area (Å²) in [6.07, 6.45) is 10.5. The maximum atomic E-state index is 10.8. The molecule has 0 aromatic carbocycles. The van der Waals surface area contributed by atoms with E-state index in [4.69, 9.17) is 16.6 Å². The molecular weight excluding hydrogens is 336 g/mol. The minimum atomic E-state index is -0.250. The number of aliphatic hydroxyl groups is 1. The van der Waals surface area contributed by atoms with E-state index in [0.717, 1.165) is 12.0 Å². The number of nitrogens with one attached hydrogen (secondary N) is 1. The molecule has 10 heteroatoms. The number of carbonyl (C=O) groups is 1. The molecule has 0 aliphatic heterocycles. The number of hydrogen-bond acceptors (Lipinski definition) is 10. The maximum absolute atomic E-state index is 10.8. The van der Waals surface area contributed by atoms with Crippen molar-refractivity contribution >= 4 is 29.2 Å². The van der Waals surface area contributed by atoms with Gasteiger partial charge in [0.1, 0.15) is 6.29 Å². The fraction of sp³-hybridized carbons (Fsp3) is 0.188. The number of carbonyl (C=O) groups excluding carboxylic acids is 1. The molecule has 0 amide bonds. The van der Waals surface area contributed by atoms with Crippen molar-refractivity contribution in [3.8, 4) is 0 Å². The topological polar surface area (TPSA) is 179 Å². The molecule has 26 heavy (non-hydrogen) atoms. The minimum Gasteiger partial charge on any atom is -0.382 e. The van der Waals surface area contributed by atoms with Gasteiger partial charge < -0.3 is 27.6 Å². The minimum absolute atomic E-state index is 0.0725. The summed E-state index contributed by atoms with van der Waals surface area (Å²) >= 11 is 0. The van der Waals surface area contributed by atoms with Gasteiger partial charge in [0.15, 0.2) is 17.0 Å². The van der Waals surface area contributed by atoms with Crippen LogP contribution in [0.15, 0.2) is 41.8 Å². The Labute approximate surface area is 149 Å². The number of aliphatic hydroxyl groups excluding tert-OH is 1. The molecule has 2 aromatic rings. The van der Waals surface area contributed by atoms with E-state index in [1.165, 1.54) is 0 Å². The Kier molecular flexibility index (Phi) is 6.71. The highest BCUT2D eigenvalue weighted by Gasteiger charge is 2.08. The van der Waals surface area contributed by atoms with E-state index in [1.54, 1.807) is 18.3 Å². The Hall–Kier alpha value is -3.37. The normalized spacial score (nSPS) is 13.2. The number of allylic oxidation sites excluding steroid dienone is 5. The molecule has 0 saturated carbocycles. The van der Waals surface area contributed by atoms with Crippen LogP contribution in [0.1, 0.15) is 12.1 Å². The molecule has 0 spiro atoms. The predicted molar refractivity (Wildman–Crippen MR) is 98.1 cm³/mol. The molecule has 0 atom stereocenters. The zero-order valence-electron chi connectivity index (χ0n) is 14.0. The molecular formula is C16H20N8O2. The summed E-state index contributed by atoms with van der Waals surface area (Å²) in [5.41, 5.74) is 18.8. The number of aromatic nitrogens is 4. The second-order valence-corrected chi connectivity index (χ2v) is 5.12. The maximum Gasteiger partial charge on any atom is 0.224 e. The Bertz CT molecular complexity index is 876. The number of rotatable bonds is 4. The number of nitrogens with zero attached hydrogens (tertiary/aromatic N) is 4. The van der Waals surface area contributed by atoms with Gasteiger partial charge >= 0.3 is 0 Å². The second kappa shape index (κ2) is 9.20. The van der Waals surface area contributed by atoms with Crippen LogP contribution in [-0.2, 0) is 11.3 Å². The second-order valence-electron chi connectivity index (χ2n) is 5.12. The third-order valence-electron chi connectivity index (χ3n) is 3.26. The van der Waals surface area contributed by atoms with E-state index in [1.807, 2.05) is 12.2 Å². The number of hydrogen-bond donors (Lipinski definition) is 5. The highest BCUT2D eigenvalue weighted by Crippen LogP contribution is 2.15. The molecule has 1 aliphatic carbocycles. The van der Waals surface area contributed by atoms with Crippen LogP contribution in [-0.4, -0.2) is 38.1 Å².